The monoisotopic (exact) mass is 436 g/mol. The van der Waals surface area contributed by atoms with Crippen molar-refractivity contribution in [1.82, 2.24) is 0 Å². The lowest BCUT2D eigenvalue weighted by Gasteiger charge is -2.11. The Hall–Kier alpha value is -3.26. The third kappa shape index (κ3) is 5.21. The van der Waals surface area contributed by atoms with E-state index in [1.807, 2.05) is 42.5 Å². The Morgan fingerprint density at radius 2 is 1.73 bits per heavy atom. The lowest BCUT2D eigenvalue weighted by Crippen LogP contribution is -2.13. The molecule has 30 heavy (non-hydrogen) atoms. The number of rotatable bonds is 6. The molecule has 0 unspecified atom stereocenters. The van der Waals surface area contributed by atoms with E-state index < -0.39 is 5.91 Å². The van der Waals surface area contributed by atoms with Gasteiger partial charge < -0.3 is 10.1 Å². The Balaban J connectivity index is 1.84. The minimum atomic E-state index is -0.537. The molecule has 0 radical (unpaired) electrons. The van der Waals surface area contributed by atoms with Gasteiger partial charge >= 0.3 is 0 Å². The molecule has 0 aliphatic rings. The van der Waals surface area contributed by atoms with E-state index in [0.29, 0.717) is 33.5 Å². The first-order valence-corrected chi connectivity index (χ1v) is 9.85. The number of nitriles is 1. The molecule has 150 valence electrons. The molecule has 3 aromatic rings. The van der Waals surface area contributed by atoms with Crippen LogP contribution in [0.25, 0.3) is 6.08 Å². The summed E-state index contributed by atoms with van der Waals surface area (Å²) in [5, 5.41) is 13.2. The highest BCUT2D eigenvalue weighted by molar-refractivity contribution is 6.34. The first kappa shape index (κ1) is 21.4. The average Bonchev–Trinajstić information content (AvgIpc) is 2.76. The topological polar surface area (TPSA) is 62.1 Å². The standard InChI is InChI=1S/C24H18Cl2N2O2/c1-30-23-13-16(10-11-18(23)14-17-6-2-3-7-20(17)25)12-19(15-27)24(29)28-22-9-5-4-8-21(22)26/h2-13H,14H2,1H3,(H,28,29)/b19-12+. The van der Waals surface area contributed by atoms with Crippen LogP contribution in [-0.2, 0) is 11.2 Å². The minimum absolute atomic E-state index is 0.0455. The number of para-hydroxylation sites is 1. The molecule has 3 rings (SSSR count). The van der Waals surface area contributed by atoms with Gasteiger partial charge in [-0.05, 0) is 47.0 Å². The molecule has 0 aromatic heterocycles. The molecular weight excluding hydrogens is 419 g/mol. The van der Waals surface area contributed by atoms with Gasteiger partial charge in [-0.15, -0.1) is 0 Å². The van der Waals surface area contributed by atoms with Crippen LogP contribution in [0.3, 0.4) is 0 Å². The van der Waals surface area contributed by atoms with Crippen LogP contribution >= 0.6 is 23.2 Å². The van der Waals surface area contributed by atoms with Crippen LogP contribution in [0.1, 0.15) is 16.7 Å². The Bertz CT molecular complexity index is 1150. The zero-order valence-electron chi connectivity index (χ0n) is 16.2. The summed E-state index contributed by atoms with van der Waals surface area (Å²) in [5.41, 5.74) is 2.99. The van der Waals surface area contributed by atoms with Gasteiger partial charge in [-0.25, -0.2) is 0 Å². The molecule has 0 aliphatic carbocycles. The molecule has 0 fully saturated rings. The molecule has 3 aromatic carbocycles. The number of methoxy groups -OCH3 is 1. The summed E-state index contributed by atoms with van der Waals surface area (Å²) in [6, 6.07) is 21.9. The summed E-state index contributed by atoms with van der Waals surface area (Å²) in [4.78, 5) is 12.5. The molecule has 0 aliphatic heterocycles. The van der Waals surface area contributed by atoms with E-state index in [2.05, 4.69) is 5.32 Å². The van der Waals surface area contributed by atoms with E-state index in [0.717, 1.165) is 11.1 Å². The van der Waals surface area contributed by atoms with Crippen molar-refractivity contribution in [2.45, 2.75) is 6.42 Å². The molecule has 1 N–H and O–H groups in total. The highest BCUT2D eigenvalue weighted by atomic mass is 35.5. The summed E-state index contributed by atoms with van der Waals surface area (Å²) in [6.45, 7) is 0. The summed E-state index contributed by atoms with van der Waals surface area (Å²) in [6.07, 6.45) is 2.11. The number of carbonyl (C=O) groups excluding carboxylic acids is 1. The van der Waals surface area contributed by atoms with Gasteiger partial charge in [0.1, 0.15) is 17.4 Å². The van der Waals surface area contributed by atoms with E-state index in [1.54, 1.807) is 37.4 Å². The van der Waals surface area contributed by atoms with Crippen molar-refractivity contribution in [2.24, 2.45) is 0 Å². The lowest BCUT2D eigenvalue weighted by atomic mass is 10.0. The minimum Gasteiger partial charge on any atom is -0.496 e. The molecule has 1 amide bonds. The van der Waals surface area contributed by atoms with Crippen LogP contribution in [0.5, 0.6) is 5.75 Å². The largest absolute Gasteiger partial charge is 0.496 e. The normalized spacial score (nSPS) is 10.9. The third-order valence-corrected chi connectivity index (χ3v) is 5.15. The molecule has 0 bridgehead atoms. The number of benzene rings is 3. The van der Waals surface area contributed by atoms with Crippen LogP contribution in [0.2, 0.25) is 10.0 Å². The molecule has 4 nitrogen and oxygen atoms in total. The van der Waals surface area contributed by atoms with Gasteiger partial charge in [-0.2, -0.15) is 5.26 Å². The fourth-order valence-corrected chi connectivity index (χ4v) is 3.30. The number of halogens is 2. The van der Waals surface area contributed by atoms with Crippen LogP contribution in [0, 0.1) is 11.3 Å². The quantitative estimate of drug-likeness (QED) is 0.372. The highest BCUT2D eigenvalue weighted by Gasteiger charge is 2.13. The van der Waals surface area contributed by atoms with E-state index >= 15 is 0 Å². The van der Waals surface area contributed by atoms with Crippen molar-refractivity contribution in [1.29, 1.82) is 5.26 Å². The van der Waals surface area contributed by atoms with Crippen LogP contribution in [0.15, 0.2) is 72.3 Å². The fourth-order valence-electron chi connectivity index (χ4n) is 2.91. The maximum atomic E-state index is 12.5. The van der Waals surface area contributed by atoms with Crippen molar-refractivity contribution in [2.75, 3.05) is 12.4 Å². The molecule has 0 spiro atoms. The summed E-state index contributed by atoms with van der Waals surface area (Å²) in [7, 11) is 1.58. The highest BCUT2D eigenvalue weighted by Crippen LogP contribution is 2.27. The van der Waals surface area contributed by atoms with Gasteiger partial charge in [0.15, 0.2) is 0 Å². The summed E-state index contributed by atoms with van der Waals surface area (Å²) in [5.74, 6) is 0.109. The fraction of sp³-hybridized carbons (Fsp3) is 0.0833. The van der Waals surface area contributed by atoms with Gasteiger partial charge in [-0.1, -0.05) is 65.7 Å². The third-order valence-electron chi connectivity index (χ3n) is 4.45. The Morgan fingerprint density at radius 1 is 1.03 bits per heavy atom. The van der Waals surface area contributed by atoms with Crippen molar-refractivity contribution >= 4 is 40.9 Å². The average molecular weight is 437 g/mol. The number of ether oxygens (including phenoxy) is 1. The van der Waals surface area contributed by atoms with E-state index in [9.17, 15) is 10.1 Å². The van der Waals surface area contributed by atoms with Gasteiger partial charge in [0.2, 0.25) is 0 Å². The maximum Gasteiger partial charge on any atom is 0.266 e. The maximum absolute atomic E-state index is 12.5. The van der Waals surface area contributed by atoms with Gasteiger partial charge in [0.05, 0.1) is 17.8 Å². The van der Waals surface area contributed by atoms with Crippen LogP contribution in [0.4, 0.5) is 5.69 Å². The molecule has 0 saturated heterocycles. The lowest BCUT2D eigenvalue weighted by molar-refractivity contribution is -0.112. The smallest absolute Gasteiger partial charge is 0.266 e. The van der Waals surface area contributed by atoms with Gasteiger partial charge in [0, 0.05) is 11.4 Å². The number of amides is 1. The Labute approximate surface area is 185 Å². The van der Waals surface area contributed by atoms with Crippen molar-refractivity contribution in [3.63, 3.8) is 0 Å². The van der Waals surface area contributed by atoms with Crippen LogP contribution in [-0.4, -0.2) is 13.0 Å². The van der Waals surface area contributed by atoms with E-state index in [1.165, 1.54) is 6.08 Å². The molecular formula is C24H18Cl2N2O2. The number of anilines is 1. The van der Waals surface area contributed by atoms with E-state index in [-0.39, 0.29) is 5.57 Å². The zero-order chi connectivity index (χ0) is 21.5. The second kappa shape index (κ2) is 9.98. The zero-order valence-corrected chi connectivity index (χ0v) is 17.7. The Morgan fingerprint density at radius 3 is 2.40 bits per heavy atom. The SMILES string of the molecule is COc1cc(/C=C(\C#N)C(=O)Nc2ccccc2Cl)ccc1Cc1ccccc1Cl. The summed E-state index contributed by atoms with van der Waals surface area (Å²) < 4.78 is 5.51. The second-order valence-corrected chi connectivity index (χ2v) is 7.26. The number of nitrogens with one attached hydrogen (secondary N) is 1. The van der Waals surface area contributed by atoms with Crippen LogP contribution < -0.4 is 10.1 Å². The van der Waals surface area contributed by atoms with Crippen molar-refractivity contribution in [3.8, 4) is 11.8 Å². The molecule has 0 heterocycles. The molecule has 6 heteroatoms. The number of carbonyl (C=O) groups is 1. The van der Waals surface area contributed by atoms with Gasteiger partial charge in [0.25, 0.3) is 5.91 Å². The Kier molecular flexibility index (Phi) is 7.13. The molecule has 0 saturated carbocycles. The van der Waals surface area contributed by atoms with Crippen molar-refractivity contribution in [3.05, 3.63) is 99.0 Å². The first-order chi connectivity index (χ1) is 14.5. The molecule has 0 atom stereocenters. The van der Waals surface area contributed by atoms with E-state index in [4.69, 9.17) is 27.9 Å². The predicted octanol–water partition coefficient (Wildman–Crippen LogP) is 6.14. The number of nitrogens with zero attached hydrogens (tertiary/aromatic N) is 1. The second-order valence-electron chi connectivity index (χ2n) is 6.44. The van der Waals surface area contributed by atoms with Gasteiger partial charge in [-0.3, -0.25) is 4.79 Å². The number of hydrogen-bond donors (Lipinski definition) is 1. The number of hydrogen-bond acceptors (Lipinski definition) is 3. The summed E-state index contributed by atoms with van der Waals surface area (Å²) >= 11 is 12.3. The first-order valence-electron chi connectivity index (χ1n) is 9.10. The van der Waals surface area contributed by atoms with Crippen molar-refractivity contribution < 1.29 is 9.53 Å². The predicted molar refractivity (Wildman–Crippen MR) is 121 cm³/mol.